The lowest BCUT2D eigenvalue weighted by atomic mass is 10.1. The van der Waals surface area contributed by atoms with E-state index in [9.17, 15) is 4.39 Å². The van der Waals surface area contributed by atoms with Crippen molar-refractivity contribution >= 4 is 0 Å². The molecule has 3 heteroatoms. The molecule has 0 saturated carbocycles. The van der Waals surface area contributed by atoms with E-state index in [1.165, 1.54) is 12.1 Å². The maximum absolute atomic E-state index is 12.9. The van der Waals surface area contributed by atoms with Crippen LogP contribution in [0, 0.1) is 5.82 Å². The number of halogens is 1. The lowest BCUT2D eigenvalue weighted by molar-refractivity contribution is 0.188. The van der Waals surface area contributed by atoms with Crippen LogP contribution >= 0.6 is 0 Å². The molecular weight excluding hydrogens is 181 g/mol. The van der Waals surface area contributed by atoms with Crippen molar-refractivity contribution in [3.63, 3.8) is 0 Å². The molecule has 1 atom stereocenters. The van der Waals surface area contributed by atoms with Gasteiger partial charge in [0.1, 0.15) is 5.82 Å². The summed E-state index contributed by atoms with van der Waals surface area (Å²) in [6.07, 6.45) is 0. The van der Waals surface area contributed by atoms with E-state index in [0.717, 1.165) is 5.56 Å². The number of hydrogen-bond acceptors (Lipinski definition) is 2. The maximum Gasteiger partial charge on any atom is 0.123 e. The van der Waals surface area contributed by atoms with Gasteiger partial charge in [-0.05, 0) is 31.7 Å². The summed E-state index contributed by atoms with van der Waals surface area (Å²) >= 11 is 0. The number of rotatable bonds is 4. The normalized spacial score (nSPS) is 13.2. The molecule has 0 saturated heterocycles. The van der Waals surface area contributed by atoms with Gasteiger partial charge in [0.05, 0.1) is 6.61 Å². The van der Waals surface area contributed by atoms with Gasteiger partial charge in [0.25, 0.3) is 0 Å². The third-order valence-electron chi connectivity index (χ3n) is 2.44. The number of nitrogens with zero attached hydrogens (tertiary/aromatic N) is 1. The van der Waals surface area contributed by atoms with Crippen molar-refractivity contribution in [2.45, 2.75) is 13.0 Å². The summed E-state index contributed by atoms with van der Waals surface area (Å²) in [5.74, 6) is -0.216. The topological polar surface area (TPSA) is 23.5 Å². The standard InChI is InChI=1S/C11H16FNO/c1-9(13(2)6-7-14)10-4-3-5-11(12)8-10/h3-5,8-9,14H,6-7H2,1-2H3/t9-/m0/s1. The van der Waals surface area contributed by atoms with E-state index in [-0.39, 0.29) is 18.5 Å². The Balaban J connectivity index is 2.73. The Kier molecular flexibility index (Phi) is 4.04. The zero-order valence-electron chi connectivity index (χ0n) is 8.57. The first-order chi connectivity index (χ1) is 6.65. The van der Waals surface area contributed by atoms with E-state index < -0.39 is 0 Å². The van der Waals surface area contributed by atoms with Gasteiger partial charge in [0.15, 0.2) is 0 Å². The summed E-state index contributed by atoms with van der Waals surface area (Å²) in [6.45, 7) is 2.71. The Labute approximate surface area is 84.0 Å². The maximum atomic E-state index is 12.9. The van der Waals surface area contributed by atoms with Crippen LogP contribution in [0.1, 0.15) is 18.5 Å². The summed E-state index contributed by atoms with van der Waals surface area (Å²) in [5.41, 5.74) is 0.931. The van der Waals surface area contributed by atoms with Gasteiger partial charge in [-0.15, -0.1) is 0 Å². The van der Waals surface area contributed by atoms with Gasteiger partial charge in [0, 0.05) is 12.6 Å². The van der Waals surface area contributed by atoms with Crippen LogP contribution < -0.4 is 0 Å². The van der Waals surface area contributed by atoms with E-state index in [0.29, 0.717) is 6.54 Å². The molecule has 0 amide bonds. The molecule has 0 spiro atoms. The lowest BCUT2D eigenvalue weighted by Gasteiger charge is -2.24. The van der Waals surface area contributed by atoms with E-state index >= 15 is 0 Å². The van der Waals surface area contributed by atoms with Crippen molar-refractivity contribution < 1.29 is 9.50 Å². The number of aliphatic hydroxyl groups excluding tert-OH is 1. The molecule has 1 rings (SSSR count). The molecule has 1 N–H and O–H groups in total. The fraction of sp³-hybridized carbons (Fsp3) is 0.455. The zero-order valence-corrected chi connectivity index (χ0v) is 8.57. The number of hydrogen-bond donors (Lipinski definition) is 1. The van der Waals surface area contributed by atoms with Crippen LogP contribution in [0.4, 0.5) is 4.39 Å². The Hall–Kier alpha value is -0.930. The summed E-state index contributed by atoms with van der Waals surface area (Å²) in [5, 5.41) is 8.77. The number of likely N-dealkylation sites (N-methyl/N-ethyl adjacent to an activating group) is 1. The van der Waals surface area contributed by atoms with Crippen molar-refractivity contribution in [1.29, 1.82) is 0 Å². The molecule has 0 radical (unpaired) electrons. The monoisotopic (exact) mass is 197 g/mol. The molecule has 0 unspecified atom stereocenters. The summed E-state index contributed by atoms with van der Waals surface area (Å²) < 4.78 is 12.9. The Morgan fingerprint density at radius 3 is 2.79 bits per heavy atom. The Bertz CT molecular complexity index is 290. The molecule has 0 aliphatic heterocycles. The van der Waals surface area contributed by atoms with Gasteiger partial charge in [-0.1, -0.05) is 12.1 Å². The summed E-state index contributed by atoms with van der Waals surface area (Å²) in [4.78, 5) is 1.98. The van der Waals surface area contributed by atoms with E-state index in [1.54, 1.807) is 6.07 Å². The van der Waals surface area contributed by atoms with Crippen molar-refractivity contribution in [2.75, 3.05) is 20.2 Å². The van der Waals surface area contributed by atoms with Crippen LogP contribution in [0.25, 0.3) is 0 Å². The average Bonchev–Trinajstić information content (AvgIpc) is 2.17. The van der Waals surface area contributed by atoms with Crippen LogP contribution in [0.2, 0.25) is 0 Å². The highest BCUT2D eigenvalue weighted by Gasteiger charge is 2.10. The quantitative estimate of drug-likeness (QED) is 0.795. The zero-order chi connectivity index (χ0) is 10.6. The van der Waals surface area contributed by atoms with Crippen LogP contribution in [0.5, 0.6) is 0 Å². The third kappa shape index (κ3) is 2.79. The first-order valence-corrected chi connectivity index (χ1v) is 4.71. The molecule has 0 aliphatic carbocycles. The van der Waals surface area contributed by atoms with Crippen LogP contribution in [0.3, 0.4) is 0 Å². The molecule has 0 aliphatic rings. The van der Waals surface area contributed by atoms with Crippen molar-refractivity contribution in [3.05, 3.63) is 35.6 Å². The molecule has 0 fully saturated rings. The highest BCUT2D eigenvalue weighted by atomic mass is 19.1. The molecular formula is C11H16FNO. The van der Waals surface area contributed by atoms with Crippen molar-refractivity contribution in [1.82, 2.24) is 4.90 Å². The van der Waals surface area contributed by atoms with Crippen molar-refractivity contribution in [3.8, 4) is 0 Å². The third-order valence-corrected chi connectivity index (χ3v) is 2.44. The number of aliphatic hydroxyl groups is 1. The molecule has 0 bridgehead atoms. The second kappa shape index (κ2) is 5.08. The van der Waals surface area contributed by atoms with E-state index in [2.05, 4.69) is 0 Å². The minimum absolute atomic E-state index is 0.121. The van der Waals surface area contributed by atoms with Gasteiger partial charge >= 0.3 is 0 Å². The van der Waals surface area contributed by atoms with Crippen LogP contribution in [0.15, 0.2) is 24.3 Å². The highest BCUT2D eigenvalue weighted by molar-refractivity contribution is 5.19. The summed E-state index contributed by atoms with van der Waals surface area (Å²) in [7, 11) is 1.91. The van der Waals surface area contributed by atoms with Gasteiger partial charge in [0.2, 0.25) is 0 Å². The predicted molar refractivity (Wildman–Crippen MR) is 54.5 cm³/mol. The lowest BCUT2D eigenvalue weighted by Crippen LogP contribution is -2.25. The summed E-state index contributed by atoms with van der Waals surface area (Å²) in [6, 6.07) is 6.67. The minimum Gasteiger partial charge on any atom is -0.395 e. The van der Waals surface area contributed by atoms with Gasteiger partial charge in [-0.3, -0.25) is 4.90 Å². The first-order valence-electron chi connectivity index (χ1n) is 4.71. The molecule has 14 heavy (non-hydrogen) atoms. The molecule has 0 aromatic heterocycles. The second-order valence-corrected chi connectivity index (χ2v) is 3.44. The largest absolute Gasteiger partial charge is 0.395 e. The fourth-order valence-electron chi connectivity index (χ4n) is 1.37. The van der Waals surface area contributed by atoms with Crippen LogP contribution in [-0.2, 0) is 0 Å². The molecule has 78 valence electrons. The van der Waals surface area contributed by atoms with Gasteiger partial charge in [-0.25, -0.2) is 4.39 Å². The SMILES string of the molecule is C[C@@H](c1cccc(F)c1)N(C)CCO. The number of benzene rings is 1. The molecule has 1 aromatic rings. The molecule has 2 nitrogen and oxygen atoms in total. The average molecular weight is 197 g/mol. The van der Waals surface area contributed by atoms with E-state index in [4.69, 9.17) is 5.11 Å². The van der Waals surface area contributed by atoms with Crippen LogP contribution in [-0.4, -0.2) is 30.2 Å². The molecule has 1 aromatic carbocycles. The highest BCUT2D eigenvalue weighted by Crippen LogP contribution is 2.18. The molecule has 0 heterocycles. The van der Waals surface area contributed by atoms with Gasteiger partial charge < -0.3 is 5.11 Å². The predicted octanol–water partition coefficient (Wildman–Crippen LogP) is 1.81. The van der Waals surface area contributed by atoms with Gasteiger partial charge in [-0.2, -0.15) is 0 Å². The Morgan fingerprint density at radius 1 is 1.50 bits per heavy atom. The first kappa shape index (κ1) is 11.1. The smallest absolute Gasteiger partial charge is 0.123 e. The fourth-order valence-corrected chi connectivity index (χ4v) is 1.37. The Morgan fingerprint density at radius 2 is 2.21 bits per heavy atom. The van der Waals surface area contributed by atoms with E-state index in [1.807, 2.05) is 24.9 Å². The van der Waals surface area contributed by atoms with Crippen molar-refractivity contribution in [2.24, 2.45) is 0 Å². The second-order valence-electron chi connectivity index (χ2n) is 3.44. The minimum atomic E-state index is -0.216.